The fourth-order valence-electron chi connectivity index (χ4n) is 2.09. The van der Waals surface area contributed by atoms with Crippen LogP contribution in [0.25, 0.3) is 0 Å². The lowest BCUT2D eigenvalue weighted by molar-refractivity contribution is -0.117. The Morgan fingerprint density at radius 1 is 1.04 bits per heavy atom. The summed E-state index contributed by atoms with van der Waals surface area (Å²) in [5.41, 5.74) is 1.65. The van der Waals surface area contributed by atoms with Crippen molar-refractivity contribution in [3.8, 4) is 6.07 Å². The fourth-order valence-corrected chi connectivity index (χ4v) is 2.61. The van der Waals surface area contributed by atoms with Gasteiger partial charge in [0.15, 0.2) is 0 Å². The van der Waals surface area contributed by atoms with Crippen molar-refractivity contribution >= 4 is 15.9 Å². The third-order valence-electron chi connectivity index (χ3n) is 3.47. The van der Waals surface area contributed by atoms with Gasteiger partial charge in [-0.25, -0.2) is 13.6 Å². The third-order valence-corrected chi connectivity index (χ3v) is 4.39. The molecule has 0 fully saturated rings. The van der Waals surface area contributed by atoms with Crippen LogP contribution in [0, 0.1) is 11.3 Å². The van der Waals surface area contributed by atoms with Gasteiger partial charge < -0.3 is 10.6 Å². The number of amides is 1. The van der Waals surface area contributed by atoms with Crippen molar-refractivity contribution in [1.29, 1.82) is 5.26 Å². The van der Waals surface area contributed by atoms with Crippen molar-refractivity contribution in [2.24, 2.45) is 5.14 Å². The maximum atomic E-state index is 12.0. The smallest absolute Gasteiger partial charge is 0.263 e. The molecular formula is C18H18N4O3S. The van der Waals surface area contributed by atoms with E-state index < -0.39 is 15.9 Å². The molecule has 0 aromatic heterocycles. The van der Waals surface area contributed by atoms with Gasteiger partial charge >= 0.3 is 0 Å². The molecule has 0 saturated carbocycles. The number of rotatable bonds is 7. The summed E-state index contributed by atoms with van der Waals surface area (Å²) < 4.78 is 22.4. The predicted octanol–water partition coefficient (Wildman–Crippen LogP) is 1.15. The van der Waals surface area contributed by atoms with Crippen molar-refractivity contribution in [3.63, 3.8) is 0 Å². The van der Waals surface area contributed by atoms with Crippen molar-refractivity contribution in [1.82, 2.24) is 10.6 Å². The van der Waals surface area contributed by atoms with Gasteiger partial charge in [0.05, 0.1) is 4.90 Å². The van der Waals surface area contributed by atoms with Crippen LogP contribution in [0.2, 0.25) is 0 Å². The molecule has 0 aliphatic carbocycles. The fraction of sp³-hybridized carbons (Fsp3) is 0.111. The number of primary sulfonamides is 1. The Balaban J connectivity index is 1.90. The van der Waals surface area contributed by atoms with E-state index in [0.29, 0.717) is 13.1 Å². The second kappa shape index (κ2) is 8.80. The molecule has 0 saturated heterocycles. The second-order valence-corrected chi connectivity index (χ2v) is 6.97. The lowest BCUT2D eigenvalue weighted by Gasteiger charge is -2.06. The minimum Gasteiger partial charge on any atom is -0.386 e. The highest BCUT2D eigenvalue weighted by Crippen LogP contribution is 2.08. The first-order chi connectivity index (χ1) is 12.4. The normalized spacial score (nSPS) is 11.5. The molecule has 134 valence electrons. The Kier molecular flexibility index (Phi) is 6.49. The highest BCUT2D eigenvalue weighted by Gasteiger charge is 2.09. The first-order valence-corrected chi connectivity index (χ1v) is 9.22. The molecule has 0 atom stereocenters. The Labute approximate surface area is 152 Å². The van der Waals surface area contributed by atoms with E-state index in [0.717, 1.165) is 11.1 Å². The molecule has 0 radical (unpaired) electrons. The average molecular weight is 370 g/mol. The summed E-state index contributed by atoms with van der Waals surface area (Å²) >= 11 is 0. The molecule has 0 bridgehead atoms. The molecule has 2 rings (SSSR count). The number of sulfonamides is 1. The zero-order valence-electron chi connectivity index (χ0n) is 13.8. The van der Waals surface area contributed by atoms with Crippen LogP contribution in [0.3, 0.4) is 0 Å². The number of nitriles is 1. The molecule has 26 heavy (non-hydrogen) atoms. The van der Waals surface area contributed by atoms with Crippen LogP contribution < -0.4 is 15.8 Å². The van der Waals surface area contributed by atoms with Gasteiger partial charge in [0.1, 0.15) is 11.6 Å². The maximum absolute atomic E-state index is 12.0. The topological polar surface area (TPSA) is 125 Å². The number of nitrogens with one attached hydrogen (secondary N) is 2. The van der Waals surface area contributed by atoms with Crippen molar-refractivity contribution < 1.29 is 13.2 Å². The highest BCUT2D eigenvalue weighted by atomic mass is 32.2. The highest BCUT2D eigenvalue weighted by molar-refractivity contribution is 7.89. The van der Waals surface area contributed by atoms with Gasteiger partial charge in [0.25, 0.3) is 5.91 Å². The number of hydrogen-bond donors (Lipinski definition) is 3. The van der Waals surface area contributed by atoms with E-state index in [-0.39, 0.29) is 10.5 Å². The molecule has 1 amide bonds. The summed E-state index contributed by atoms with van der Waals surface area (Å²) in [5.74, 6) is -0.478. The van der Waals surface area contributed by atoms with Crippen molar-refractivity contribution in [2.75, 3.05) is 0 Å². The van der Waals surface area contributed by atoms with Crippen LogP contribution in [0.4, 0.5) is 0 Å². The second-order valence-electron chi connectivity index (χ2n) is 5.41. The van der Waals surface area contributed by atoms with E-state index in [2.05, 4.69) is 10.6 Å². The Morgan fingerprint density at radius 3 is 2.23 bits per heavy atom. The molecular weight excluding hydrogens is 352 g/mol. The molecule has 0 heterocycles. The van der Waals surface area contributed by atoms with E-state index in [1.54, 1.807) is 12.1 Å². The van der Waals surface area contributed by atoms with Gasteiger partial charge in [-0.05, 0) is 23.3 Å². The summed E-state index contributed by atoms with van der Waals surface area (Å²) in [6.07, 6.45) is 1.33. The largest absolute Gasteiger partial charge is 0.386 e. The van der Waals surface area contributed by atoms with Crippen LogP contribution in [-0.2, 0) is 27.9 Å². The molecule has 0 aliphatic rings. The molecule has 0 unspecified atom stereocenters. The van der Waals surface area contributed by atoms with Crippen LogP contribution >= 0.6 is 0 Å². The average Bonchev–Trinajstić information content (AvgIpc) is 2.64. The van der Waals surface area contributed by atoms with Crippen LogP contribution in [-0.4, -0.2) is 14.3 Å². The van der Waals surface area contributed by atoms with E-state index in [4.69, 9.17) is 10.4 Å². The molecule has 2 aromatic rings. The standard InChI is InChI=1S/C18H18N4O3S/c19-10-16(18(23)22-12-14-4-2-1-3-5-14)13-21-11-15-6-8-17(9-7-15)26(20,24)25/h1-9,13,21H,11-12H2,(H,22,23)(H2,20,24,25)/b16-13-. The number of carbonyl (C=O) groups is 1. The predicted molar refractivity (Wildman–Crippen MR) is 96.6 cm³/mol. The number of carbonyl (C=O) groups excluding carboxylic acids is 1. The molecule has 7 nitrogen and oxygen atoms in total. The Hall–Kier alpha value is -3.15. The van der Waals surface area contributed by atoms with Crippen LogP contribution in [0.5, 0.6) is 0 Å². The monoisotopic (exact) mass is 370 g/mol. The summed E-state index contributed by atoms with van der Waals surface area (Å²) in [4.78, 5) is 12.0. The van der Waals surface area contributed by atoms with Crippen molar-refractivity contribution in [3.05, 3.63) is 77.5 Å². The quantitative estimate of drug-likeness (QED) is 0.498. The lowest BCUT2D eigenvalue weighted by Crippen LogP contribution is -2.25. The van der Waals surface area contributed by atoms with Gasteiger partial charge in [-0.15, -0.1) is 0 Å². The number of nitrogens with two attached hydrogens (primary N) is 1. The SMILES string of the molecule is N#C/C(=C/NCc1ccc(S(N)(=O)=O)cc1)C(=O)NCc1ccccc1. The first-order valence-electron chi connectivity index (χ1n) is 7.67. The third kappa shape index (κ3) is 5.73. The number of hydrogen-bond acceptors (Lipinski definition) is 5. The van der Waals surface area contributed by atoms with Gasteiger partial charge in [0.2, 0.25) is 10.0 Å². The summed E-state index contributed by atoms with van der Waals surface area (Å²) in [6, 6.07) is 17.2. The van der Waals surface area contributed by atoms with E-state index in [9.17, 15) is 13.2 Å². The van der Waals surface area contributed by atoms with Gasteiger partial charge in [-0.1, -0.05) is 42.5 Å². The minimum atomic E-state index is -3.73. The lowest BCUT2D eigenvalue weighted by atomic mass is 10.2. The number of benzene rings is 2. The van der Waals surface area contributed by atoms with Crippen LogP contribution in [0.15, 0.2) is 71.3 Å². The molecule has 4 N–H and O–H groups in total. The Morgan fingerprint density at radius 2 is 1.65 bits per heavy atom. The molecule has 0 spiro atoms. The molecule has 0 aliphatic heterocycles. The van der Waals surface area contributed by atoms with E-state index >= 15 is 0 Å². The molecule has 8 heteroatoms. The summed E-state index contributed by atoms with van der Waals surface area (Å²) in [7, 11) is -3.73. The van der Waals surface area contributed by atoms with Gasteiger partial charge in [-0.2, -0.15) is 5.26 Å². The summed E-state index contributed by atoms with van der Waals surface area (Å²) in [6.45, 7) is 0.649. The maximum Gasteiger partial charge on any atom is 0.263 e. The zero-order valence-corrected chi connectivity index (χ0v) is 14.7. The summed E-state index contributed by atoms with van der Waals surface area (Å²) in [5, 5.41) is 19.7. The van der Waals surface area contributed by atoms with Gasteiger partial charge in [-0.3, -0.25) is 4.79 Å². The zero-order chi connectivity index (χ0) is 19.0. The van der Waals surface area contributed by atoms with E-state index in [1.807, 2.05) is 36.4 Å². The Bertz CT molecular complexity index is 931. The van der Waals surface area contributed by atoms with Crippen LogP contribution in [0.1, 0.15) is 11.1 Å². The minimum absolute atomic E-state index is 0.0230. The van der Waals surface area contributed by atoms with E-state index in [1.165, 1.54) is 18.3 Å². The number of nitrogens with zero attached hydrogens (tertiary/aromatic N) is 1. The van der Waals surface area contributed by atoms with Gasteiger partial charge in [0, 0.05) is 19.3 Å². The first kappa shape index (κ1) is 19.2. The van der Waals surface area contributed by atoms with Crippen molar-refractivity contribution in [2.45, 2.75) is 18.0 Å². The molecule has 2 aromatic carbocycles.